The number of carbonyl (C=O) groups excluding carboxylic acids is 1. The summed E-state index contributed by atoms with van der Waals surface area (Å²) >= 11 is 0. The lowest BCUT2D eigenvalue weighted by Crippen LogP contribution is -2.55. The van der Waals surface area contributed by atoms with E-state index >= 15 is 0 Å². The van der Waals surface area contributed by atoms with Gasteiger partial charge in [-0.15, -0.1) is 12.4 Å². The molecule has 0 aliphatic carbocycles. The Morgan fingerprint density at radius 2 is 1.52 bits per heavy atom. The summed E-state index contributed by atoms with van der Waals surface area (Å²) in [6.07, 6.45) is 0.316. The molecule has 2 fully saturated rings. The standard InChI is InChI=1S/C11H22N4O4S.ClH/c12-2-1-11(16)13-3-5-14(6-4-13)20(17,18)15-7-9-19-10-8-15;/h1-10,12H2;1H. The summed E-state index contributed by atoms with van der Waals surface area (Å²) in [5, 5.41) is 0. The van der Waals surface area contributed by atoms with Crippen LogP contribution < -0.4 is 5.73 Å². The minimum Gasteiger partial charge on any atom is -0.379 e. The number of hydrogen-bond acceptors (Lipinski definition) is 5. The van der Waals surface area contributed by atoms with E-state index in [1.807, 2.05) is 0 Å². The van der Waals surface area contributed by atoms with Gasteiger partial charge in [-0.25, -0.2) is 0 Å². The average molecular weight is 343 g/mol. The Hall–Kier alpha value is -0.450. The third-order valence-electron chi connectivity index (χ3n) is 3.57. The highest BCUT2D eigenvalue weighted by atomic mass is 35.5. The van der Waals surface area contributed by atoms with Crippen LogP contribution in [0.5, 0.6) is 0 Å². The van der Waals surface area contributed by atoms with Crippen LogP contribution in [-0.2, 0) is 19.7 Å². The van der Waals surface area contributed by atoms with Gasteiger partial charge in [-0.05, 0) is 0 Å². The maximum Gasteiger partial charge on any atom is 0.282 e. The molecule has 2 N–H and O–H groups in total. The van der Waals surface area contributed by atoms with Crippen LogP contribution in [0.2, 0.25) is 0 Å². The zero-order valence-electron chi connectivity index (χ0n) is 11.9. The third kappa shape index (κ3) is 4.51. The summed E-state index contributed by atoms with van der Waals surface area (Å²) in [7, 11) is -3.42. The van der Waals surface area contributed by atoms with Crippen LogP contribution >= 0.6 is 12.4 Å². The first-order valence-corrected chi connectivity index (χ1v) is 8.26. The Morgan fingerprint density at radius 3 is 2.05 bits per heavy atom. The van der Waals surface area contributed by atoms with Crippen LogP contribution in [0.25, 0.3) is 0 Å². The molecule has 2 saturated heterocycles. The fourth-order valence-corrected chi connectivity index (χ4v) is 3.95. The molecule has 2 heterocycles. The van der Waals surface area contributed by atoms with Crippen molar-refractivity contribution in [1.82, 2.24) is 13.5 Å². The van der Waals surface area contributed by atoms with Gasteiger partial charge in [-0.2, -0.15) is 17.0 Å². The van der Waals surface area contributed by atoms with Crippen LogP contribution in [0.1, 0.15) is 6.42 Å². The van der Waals surface area contributed by atoms with Gasteiger partial charge in [0.25, 0.3) is 10.2 Å². The van der Waals surface area contributed by atoms with E-state index in [9.17, 15) is 13.2 Å². The monoisotopic (exact) mass is 342 g/mol. The van der Waals surface area contributed by atoms with Crippen molar-refractivity contribution in [2.45, 2.75) is 6.42 Å². The van der Waals surface area contributed by atoms with Crippen LogP contribution in [0.4, 0.5) is 0 Å². The lowest BCUT2D eigenvalue weighted by Gasteiger charge is -2.37. The molecule has 0 spiro atoms. The van der Waals surface area contributed by atoms with Gasteiger partial charge in [-0.1, -0.05) is 0 Å². The molecule has 2 aliphatic heterocycles. The summed E-state index contributed by atoms with van der Waals surface area (Å²) in [6, 6.07) is 0. The summed E-state index contributed by atoms with van der Waals surface area (Å²) in [6.45, 7) is 3.55. The lowest BCUT2D eigenvalue weighted by atomic mass is 10.3. The summed E-state index contributed by atoms with van der Waals surface area (Å²) in [5.74, 6) is -0.00378. The highest BCUT2D eigenvalue weighted by Crippen LogP contribution is 2.14. The Bertz CT molecular complexity index is 434. The van der Waals surface area contributed by atoms with Crippen molar-refractivity contribution in [1.29, 1.82) is 0 Å². The highest BCUT2D eigenvalue weighted by molar-refractivity contribution is 7.86. The molecular formula is C11H23ClN4O4S. The van der Waals surface area contributed by atoms with Crippen molar-refractivity contribution < 1.29 is 17.9 Å². The fraction of sp³-hybridized carbons (Fsp3) is 0.909. The van der Waals surface area contributed by atoms with Crippen molar-refractivity contribution in [2.75, 3.05) is 59.0 Å². The SMILES string of the molecule is Cl.NCCC(=O)N1CCN(S(=O)(=O)N2CCOCC2)CC1. The Morgan fingerprint density at radius 1 is 1.00 bits per heavy atom. The maximum absolute atomic E-state index is 12.4. The molecule has 0 aromatic heterocycles. The molecule has 8 nitrogen and oxygen atoms in total. The largest absolute Gasteiger partial charge is 0.379 e. The summed E-state index contributed by atoms with van der Waals surface area (Å²) in [4.78, 5) is 13.4. The van der Waals surface area contributed by atoms with Crippen molar-refractivity contribution in [3.63, 3.8) is 0 Å². The van der Waals surface area contributed by atoms with Gasteiger partial charge in [0.15, 0.2) is 0 Å². The number of nitrogens with zero attached hydrogens (tertiary/aromatic N) is 3. The fourth-order valence-electron chi connectivity index (χ4n) is 2.39. The van der Waals surface area contributed by atoms with Crippen molar-refractivity contribution in [2.24, 2.45) is 5.73 Å². The number of hydrogen-bond donors (Lipinski definition) is 1. The molecule has 0 aromatic carbocycles. The second kappa shape index (κ2) is 8.25. The van der Waals surface area contributed by atoms with E-state index in [4.69, 9.17) is 10.5 Å². The molecule has 10 heteroatoms. The summed E-state index contributed by atoms with van der Waals surface area (Å²) in [5.41, 5.74) is 5.36. The van der Waals surface area contributed by atoms with Gasteiger partial charge in [0.2, 0.25) is 5.91 Å². The smallest absolute Gasteiger partial charge is 0.282 e. The molecule has 1 amide bonds. The normalized spacial score (nSPS) is 21.9. The number of morpholine rings is 1. The number of carbonyl (C=O) groups is 1. The average Bonchev–Trinajstić information content (AvgIpc) is 2.48. The third-order valence-corrected chi connectivity index (χ3v) is 5.61. The van der Waals surface area contributed by atoms with Gasteiger partial charge in [0, 0.05) is 52.2 Å². The quantitative estimate of drug-likeness (QED) is 0.669. The predicted molar refractivity (Wildman–Crippen MR) is 80.4 cm³/mol. The number of amides is 1. The van der Waals surface area contributed by atoms with Gasteiger partial charge in [-0.3, -0.25) is 4.79 Å². The van der Waals surface area contributed by atoms with Crippen LogP contribution in [0.3, 0.4) is 0 Å². The zero-order chi connectivity index (χ0) is 14.6. The Kier molecular flexibility index (Phi) is 7.31. The minimum atomic E-state index is -3.42. The second-order valence-corrected chi connectivity index (χ2v) is 6.77. The first kappa shape index (κ1) is 18.6. The number of halogens is 1. The first-order chi connectivity index (χ1) is 9.55. The van der Waals surface area contributed by atoms with E-state index in [2.05, 4.69) is 0 Å². The van der Waals surface area contributed by atoms with Gasteiger partial charge in [0.1, 0.15) is 0 Å². The maximum atomic E-state index is 12.4. The zero-order valence-corrected chi connectivity index (χ0v) is 13.6. The van der Waals surface area contributed by atoms with Gasteiger partial charge >= 0.3 is 0 Å². The first-order valence-electron chi connectivity index (χ1n) is 6.86. The van der Waals surface area contributed by atoms with Gasteiger partial charge in [0.05, 0.1) is 13.2 Å². The van der Waals surface area contributed by atoms with Gasteiger partial charge < -0.3 is 15.4 Å². The van der Waals surface area contributed by atoms with E-state index < -0.39 is 10.2 Å². The highest BCUT2D eigenvalue weighted by Gasteiger charge is 2.33. The van der Waals surface area contributed by atoms with E-state index in [1.54, 1.807) is 4.90 Å². The van der Waals surface area contributed by atoms with Crippen LogP contribution in [-0.4, -0.2) is 86.9 Å². The minimum absolute atomic E-state index is 0. The van der Waals surface area contributed by atoms with E-state index in [-0.39, 0.29) is 18.3 Å². The number of nitrogens with two attached hydrogens (primary N) is 1. The Labute approximate surface area is 131 Å². The molecule has 0 bridgehead atoms. The second-order valence-electron chi connectivity index (χ2n) is 4.84. The summed E-state index contributed by atoms with van der Waals surface area (Å²) < 4.78 is 32.9. The molecule has 2 aliphatic rings. The molecule has 2 rings (SSSR count). The molecule has 0 aromatic rings. The topological polar surface area (TPSA) is 96.2 Å². The molecular weight excluding hydrogens is 320 g/mol. The van der Waals surface area contributed by atoms with Crippen molar-refractivity contribution in [3.05, 3.63) is 0 Å². The van der Waals surface area contributed by atoms with E-state index in [0.29, 0.717) is 65.4 Å². The van der Waals surface area contributed by atoms with E-state index in [0.717, 1.165) is 0 Å². The molecule has 124 valence electrons. The van der Waals surface area contributed by atoms with Crippen LogP contribution in [0, 0.1) is 0 Å². The lowest BCUT2D eigenvalue weighted by molar-refractivity contribution is -0.132. The van der Waals surface area contributed by atoms with Crippen LogP contribution in [0.15, 0.2) is 0 Å². The van der Waals surface area contributed by atoms with Crippen molar-refractivity contribution >= 4 is 28.5 Å². The molecule has 0 saturated carbocycles. The molecule has 0 unspecified atom stereocenters. The molecule has 21 heavy (non-hydrogen) atoms. The predicted octanol–water partition coefficient (Wildman–Crippen LogP) is -1.52. The number of rotatable bonds is 4. The number of ether oxygens (including phenoxy) is 1. The Balaban J connectivity index is 0.00000220. The van der Waals surface area contributed by atoms with E-state index in [1.165, 1.54) is 8.61 Å². The molecule has 0 atom stereocenters. The number of piperazine rings is 1. The molecule has 0 radical (unpaired) electrons. The van der Waals surface area contributed by atoms with Crippen molar-refractivity contribution in [3.8, 4) is 0 Å².